The van der Waals surface area contributed by atoms with Gasteiger partial charge in [0.1, 0.15) is 0 Å². The van der Waals surface area contributed by atoms with Crippen molar-refractivity contribution in [2.45, 2.75) is 63.9 Å². The second kappa shape index (κ2) is 15.9. The minimum absolute atomic E-state index is 0.0942. The Morgan fingerprint density at radius 2 is 1.00 bits per heavy atom. The number of thioether (sulfide) groups is 2. The zero-order chi connectivity index (χ0) is 23.0. The van der Waals surface area contributed by atoms with E-state index in [0.29, 0.717) is 26.2 Å². The zero-order valence-electron chi connectivity index (χ0n) is 20.2. The second-order valence-electron chi connectivity index (χ2n) is 9.30. The Kier molecular flexibility index (Phi) is 15.5. The van der Waals surface area contributed by atoms with Crippen LogP contribution >= 0.6 is 23.5 Å². The molecule has 178 valence electrons. The lowest BCUT2D eigenvalue weighted by molar-refractivity contribution is 0.240. The highest BCUT2D eigenvalue weighted by atomic mass is 32.2. The molecule has 0 unspecified atom stereocenters. The molecule has 0 saturated heterocycles. The van der Waals surface area contributed by atoms with Crippen molar-refractivity contribution in [2.24, 2.45) is 0 Å². The minimum atomic E-state index is -0.0942. The normalized spacial score (nSPS) is 12.0. The summed E-state index contributed by atoms with van der Waals surface area (Å²) in [4.78, 5) is 25.7. The molecule has 4 amide bonds. The van der Waals surface area contributed by atoms with Crippen LogP contribution in [0.2, 0.25) is 0 Å². The zero-order valence-corrected chi connectivity index (χ0v) is 21.8. The van der Waals surface area contributed by atoms with E-state index in [0.717, 1.165) is 37.4 Å². The van der Waals surface area contributed by atoms with Gasteiger partial charge in [0.05, 0.1) is 0 Å². The molecule has 0 aliphatic carbocycles. The number of nitrogens with one attached hydrogen (secondary N) is 4. The summed E-state index contributed by atoms with van der Waals surface area (Å²) in [5.74, 6) is 1.84. The van der Waals surface area contributed by atoms with Gasteiger partial charge in [0, 0.05) is 47.2 Å². The van der Waals surface area contributed by atoms with E-state index in [1.165, 1.54) is 0 Å². The average molecular weight is 464 g/mol. The van der Waals surface area contributed by atoms with Crippen LogP contribution in [0, 0.1) is 0 Å². The quantitative estimate of drug-likeness (QED) is 0.297. The van der Waals surface area contributed by atoms with Gasteiger partial charge in [-0.2, -0.15) is 23.5 Å². The molecule has 0 aromatic rings. The average Bonchev–Trinajstić information content (AvgIpc) is 2.61. The molecule has 0 radical (unpaired) electrons. The predicted octanol–water partition coefficient (Wildman–Crippen LogP) is 3.36. The van der Waals surface area contributed by atoms with Crippen LogP contribution in [0.1, 0.15) is 54.4 Å². The third-order valence-electron chi connectivity index (χ3n) is 3.85. The van der Waals surface area contributed by atoms with Crippen LogP contribution in [0.3, 0.4) is 0 Å². The van der Waals surface area contributed by atoms with Crippen molar-refractivity contribution in [1.29, 1.82) is 0 Å². The molecular weight excluding hydrogens is 418 g/mol. The van der Waals surface area contributed by atoms with Crippen LogP contribution in [-0.4, -0.2) is 84.3 Å². The highest BCUT2D eigenvalue weighted by Gasteiger charge is 2.11. The number of amides is 4. The van der Waals surface area contributed by atoms with E-state index in [9.17, 15) is 9.59 Å². The topological polar surface area (TPSA) is 85.5 Å². The molecule has 0 aliphatic rings. The Bertz CT molecular complexity index is 437. The SMILES string of the molecule is CN(CCCNC(=O)NCCSC(C)(C)C)CCCNC(=O)NCCSC(C)(C)C. The smallest absolute Gasteiger partial charge is 0.314 e. The second-order valence-corrected chi connectivity index (χ2v) is 13.1. The van der Waals surface area contributed by atoms with Crippen LogP contribution in [0.5, 0.6) is 0 Å². The number of rotatable bonds is 14. The van der Waals surface area contributed by atoms with E-state index in [1.807, 2.05) is 23.5 Å². The lowest BCUT2D eigenvalue weighted by Crippen LogP contribution is -2.39. The third-order valence-corrected chi connectivity index (χ3v) is 6.40. The van der Waals surface area contributed by atoms with Crippen molar-refractivity contribution in [1.82, 2.24) is 26.2 Å². The van der Waals surface area contributed by atoms with E-state index in [4.69, 9.17) is 0 Å². The van der Waals surface area contributed by atoms with Crippen LogP contribution in [0.4, 0.5) is 9.59 Å². The van der Waals surface area contributed by atoms with Crippen molar-refractivity contribution in [3.8, 4) is 0 Å². The number of nitrogens with zero attached hydrogens (tertiary/aromatic N) is 1. The first-order chi connectivity index (χ1) is 13.9. The summed E-state index contributed by atoms with van der Waals surface area (Å²) >= 11 is 3.69. The van der Waals surface area contributed by atoms with Gasteiger partial charge in [-0.1, -0.05) is 41.5 Å². The molecule has 0 spiro atoms. The molecule has 0 aromatic carbocycles. The molecule has 0 heterocycles. The maximum Gasteiger partial charge on any atom is 0.314 e. The maximum atomic E-state index is 11.7. The number of hydrogen-bond acceptors (Lipinski definition) is 5. The van der Waals surface area contributed by atoms with Crippen molar-refractivity contribution < 1.29 is 9.59 Å². The van der Waals surface area contributed by atoms with E-state index >= 15 is 0 Å². The van der Waals surface area contributed by atoms with Gasteiger partial charge in [0.2, 0.25) is 0 Å². The van der Waals surface area contributed by atoms with Crippen molar-refractivity contribution in [3.05, 3.63) is 0 Å². The Morgan fingerprint density at radius 3 is 1.33 bits per heavy atom. The van der Waals surface area contributed by atoms with Crippen LogP contribution < -0.4 is 21.3 Å². The van der Waals surface area contributed by atoms with Crippen molar-refractivity contribution in [3.63, 3.8) is 0 Å². The molecular formula is C21H45N5O2S2. The van der Waals surface area contributed by atoms with E-state index in [-0.39, 0.29) is 21.6 Å². The fourth-order valence-electron chi connectivity index (χ4n) is 2.38. The Labute approximate surface area is 193 Å². The monoisotopic (exact) mass is 463 g/mol. The van der Waals surface area contributed by atoms with Gasteiger partial charge in [-0.25, -0.2) is 9.59 Å². The van der Waals surface area contributed by atoms with Gasteiger partial charge in [0.25, 0.3) is 0 Å². The number of carbonyl (C=O) groups is 2. The molecule has 0 aliphatic heterocycles. The van der Waals surface area contributed by atoms with Crippen molar-refractivity contribution in [2.75, 3.05) is 57.8 Å². The van der Waals surface area contributed by atoms with E-state index in [1.54, 1.807) is 0 Å². The molecule has 0 rings (SSSR count). The van der Waals surface area contributed by atoms with Gasteiger partial charge >= 0.3 is 12.1 Å². The summed E-state index contributed by atoms with van der Waals surface area (Å²) in [7, 11) is 2.06. The molecule has 30 heavy (non-hydrogen) atoms. The molecule has 0 saturated carbocycles. The summed E-state index contributed by atoms with van der Waals surface area (Å²) in [6, 6.07) is -0.188. The van der Waals surface area contributed by atoms with Gasteiger partial charge in [-0.3, -0.25) is 0 Å². The van der Waals surface area contributed by atoms with Crippen LogP contribution in [0.25, 0.3) is 0 Å². The Morgan fingerprint density at radius 1 is 0.667 bits per heavy atom. The fourth-order valence-corrected chi connectivity index (χ4v) is 4.02. The summed E-state index contributed by atoms with van der Waals surface area (Å²) in [5.41, 5.74) is 0. The predicted molar refractivity (Wildman–Crippen MR) is 134 cm³/mol. The summed E-state index contributed by atoms with van der Waals surface area (Å²) in [6.45, 7) is 17.6. The first kappa shape index (κ1) is 29.2. The lowest BCUT2D eigenvalue weighted by atomic mass is 10.3. The molecule has 0 bridgehead atoms. The largest absolute Gasteiger partial charge is 0.338 e. The molecule has 0 fully saturated rings. The Hall–Kier alpha value is -0.800. The highest BCUT2D eigenvalue weighted by molar-refractivity contribution is 8.00. The summed E-state index contributed by atoms with van der Waals surface area (Å²) in [5, 5.41) is 11.6. The molecule has 4 N–H and O–H groups in total. The fraction of sp³-hybridized carbons (Fsp3) is 0.905. The van der Waals surface area contributed by atoms with Crippen LogP contribution in [0.15, 0.2) is 0 Å². The summed E-state index contributed by atoms with van der Waals surface area (Å²) in [6.07, 6.45) is 1.81. The van der Waals surface area contributed by atoms with Gasteiger partial charge in [-0.05, 0) is 33.0 Å². The van der Waals surface area contributed by atoms with Crippen LogP contribution in [-0.2, 0) is 0 Å². The number of hydrogen-bond donors (Lipinski definition) is 4. The highest BCUT2D eigenvalue weighted by Crippen LogP contribution is 2.22. The number of urea groups is 2. The van der Waals surface area contributed by atoms with Crippen molar-refractivity contribution >= 4 is 35.6 Å². The third kappa shape index (κ3) is 21.9. The number of carbonyl (C=O) groups excluding carboxylic acids is 2. The van der Waals surface area contributed by atoms with E-state index < -0.39 is 0 Å². The minimum Gasteiger partial charge on any atom is -0.338 e. The lowest BCUT2D eigenvalue weighted by Gasteiger charge is -2.18. The van der Waals surface area contributed by atoms with E-state index in [2.05, 4.69) is 74.8 Å². The van der Waals surface area contributed by atoms with Gasteiger partial charge in [-0.15, -0.1) is 0 Å². The van der Waals surface area contributed by atoms with Gasteiger partial charge in [0.15, 0.2) is 0 Å². The standard InChI is InChI=1S/C21H45N5O2S2/c1-20(2,3)29-16-12-24-18(27)22-10-8-14-26(7)15-9-11-23-19(28)25-13-17-30-21(4,5)6/h8-17H2,1-7H3,(H2,22,24,27)(H2,23,25,28). The first-order valence-corrected chi connectivity index (χ1v) is 12.9. The molecule has 7 nitrogen and oxygen atoms in total. The molecule has 9 heteroatoms. The molecule has 0 aromatic heterocycles. The first-order valence-electron chi connectivity index (χ1n) is 10.9. The molecule has 0 atom stereocenters. The maximum absolute atomic E-state index is 11.7. The summed E-state index contributed by atoms with van der Waals surface area (Å²) < 4.78 is 0.459. The van der Waals surface area contributed by atoms with Gasteiger partial charge < -0.3 is 26.2 Å². The Balaban J connectivity index is 3.53.